The van der Waals surface area contributed by atoms with E-state index in [1.807, 2.05) is 37.4 Å². The molecule has 0 radical (unpaired) electrons. The predicted molar refractivity (Wildman–Crippen MR) is 111 cm³/mol. The highest BCUT2D eigenvalue weighted by Crippen LogP contribution is 2.18. The molecule has 0 saturated carbocycles. The SMILES string of the molecule is Cc1nn(-c2ccc(F)cc2)cc1C=CC(=O)c1ccc(N2CCOCC2)cc1. The van der Waals surface area contributed by atoms with Gasteiger partial charge in [0.2, 0.25) is 0 Å². The number of hydrogen-bond donors (Lipinski definition) is 0. The molecule has 1 fully saturated rings. The Morgan fingerprint density at radius 2 is 1.69 bits per heavy atom. The minimum absolute atomic E-state index is 0.0625. The third-order valence-electron chi connectivity index (χ3n) is 4.97. The highest BCUT2D eigenvalue weighted by Gasteiger charge is 2.12. The third-order valence-corrected chi connectivity index (χ3v) is 4.97. The Balaban J connectivity index is 1.46. The smallest absolute Gasteiger partial charge is 0.185 e. The van der Waals surface area contributed by atoms with Gasteiger partial charge in [-0.1, -0.05) is 0 Å². The maximum absolute atomic E-state index is 13.1. The first kappa shape index (κ1) is 19.1. The van der Waals surface area contributed by atoms with Gasteiger partial charge in [-0.25, -0.2) is 9.07 Å². The lowest BCUT2D eigenvalue weighted by Crippen LogP contribution is -2.36. The number of aromatic nitrogens is 2. The van der Waals surface area contributed by atoms with Gasteiger partial charge in [0.1, 0.15) is 5.82 Å². The lowest BCUT2D eigenvalue weighted by molar-refractivity contribution is 0.104. The number of halogens is 1. The standard InChI is InChI=1S/C23H22FN3O2/c1-17-19(16-27(25-17)22-9-5-20(24)6-10-22)4-11-23(28)18-2-7-21(8-3-18)26-12-14-29-15-13-26/h2-11,16H,12-15H2,1H3. The van der Waals surface area contributed by atoms with Crippen molar-refractivity contribution in [3.63, 3.8) is 0 Å². The Kier molecular flexibility index (Phi) is 5.53. The normalized spacial score (nSPS) is 14.5. The van der Waals surface area contributed by atoms with Gasteiger partial charge in [-0.2, -0.15) is 5.10 Å². The second-order valence-corrected chi connectivity index (χ2v) is 6.93. The number of morpholine rings is 1. The van der Waals surface area contributed by atoms with Gasteiger partial charge in [-0.05, 0) is 67.6 Å². The molecule has 0 bridgehead atoms. The van der Waals surface area contributed by atoms with Crippen LogP contribution in [-0.4, -0.2) is 41.9 Å². The van der Waals surface area contributed by atoms with Crippen LogP contribution in [0.1, 0.15) is 21.6 Å². The Bertz CT molecular complexity index is 1020. The summed E-state index contributed by atoms with van der Waals surface area (Å²) in [5.41, 5.74) is 4.14. The zero-order chi connectivity index (χ0) is 20.2. The van der Waals surface area contributed by atoms with E-state index in [-0.39, 0.29) is 11.6 Å². The fraction of sp³-hybridized carbons (Fsp3) is 0.217. The summed E-state index contributed by atoms with van der Waals surface area (Å²) in [4.78, 5) is 14.8. The molecule has 6 heteroatoms. The molecule has 0 atom stereocenters. The first-order valence-electron chi connectivity index (χ1n) is 9.57. The van der Waals surface area contributed by atoms with Gasteiger partial charge in [0.25, 0.3) is 0 Å². The predicted octanol–water partition coefficient (Wildman–Crippen LogP) is 4.05. The molecule has 5 nitrogen and oxygen atoms in total. The first-order chi connectivity index (χ1) is 14.1. The lowest BCUT2D eigenvalue weighted by Gasteiger charge is -2.28. The lowest BCUT2D eigenvalue weighted by atomic mass is 10.1. The number of hydrogen-bond acceptors (Lipinski definition) is 4. The summed E-state index contributed by atoms with van der Waals surface area (Å²) in [5, 5.41) is 4.44. The minimum Gasteiger partial charge on any atom is -0.378 e. The molecule has 1 saturated heterocycles. The van der Waals surface area contributed by atoms with E-state index in [1.165, 1.54) is 12.1 Å². The molecule has 0 spiro atoms. The number of allylic oxidation sites excluding steroid dienone is 1. The van der Waals surface area contributed by atoms with Crippen LogP contribution in [0.2, 0.25) is 0 Å². The molecule has 4 rings (SSSR count). The van der Waals surface area contributed by atoms with Crippen molar-refractivity contribution in [2.24, 2.45) is 0 Å². The van der Waals surface area contributed by atoms with Gasteiger partial charge in [-0.15, -0.1) is 0 Å². The monoisotopic (exact) mass is 391 g/mol. The fourth-order valence-electron chi connectivity index (χ4n) is 3.28. The van der Waals surface area contributed by atoms with Gasteiger partial charge in [0.15, 0.2) is 5.78 Å². The summed E-state index contributed by atoms with van der Waals surface area (Å²) in [5.74, 6) is -0.351. The van der Waals surface area contributed by atoms with Crippen LogP contribution in [0, 0.1) is 12.7 Å². The van der Waals surface area contributed by atoms with Crippen LogP contribution in [0.4, 0.5) is 10.1 Å². The van der Waals surface area contributed by atoms with E-state index in [9.17, 15) is 9.18 Å². The topological polar surface area (TPSA) is 47.4 Å². The van der Waals surface area contributed by atoms with Gasteiger partial charge in [0, 0.05) is 36.1 Å². The molecule has 1 aromatic heterocycles. The van der Waals surface area contributed by atoms with Crippen molar-refractivity contribution in [1.29, 1.82) is 0 Å². The van der Waals surface area contributed by atoms with Crippen molar-refractivity contribution >= 4 is 17.5 Å². The van der Waals surface area contributed by atoms with Crippen molar-refractivity contribution in [3.05, 3.63) is 83.4 Å². The van der Waals surface area contributed by atoms with E-state index < -0.39 is 0 Å². The Morgan fingerprint density at radius 3 is 2.38 bits per heavy atom. The van der Waals surface area contributed by atoms with Crippen LogP contribution < -0.4 is 4.90 Å². The van der Waals surface area contributed by atoms with Crippen molar-refractivity contribution in [2.75, 3.05) is 31.2 Å². The molecule has 2 heterocycles. The van der Waals surface area contributed by atoms with Crippen molar-refractivity contribution in [1.82, 2.24) is 9.78 Å². The Labute approximate surface area is 169 Å². The van der Waals surface area contributed by atoms with Crippen LogP contribution in [0.25, 0.3) is 11.8 Å². The molecule has 148 valence electrons. The Hall–Kier alpha value is -3.25. The van der Waals surface area contributed by atoms with E-state index >= 15 is 0 Å². The number of ketones is 1. The number of rotatable bonds is 5. The number of anilines is 1. The van der Waals surface area contributed by atoms with Crippen molar-refractivity contribution < 1.29 is 13.9 Å². The molecular weight excluding hydrogens is 369 g/mol. The average Bonchev–Trinajstić information content (AvgIpc) is 3.14. The van der Waals surface area contributed by atoms with Gasteiger partial charge in [0.05, 0.1) is 24.6 Å². The zero-order valence-corrected chi connectivity index (χ0v) is 16.2. The average molecular weight is 391 g/mol. The van der Waals surface area contributed by atoms with Gasteiger partial charge < -0.3 is 9.64 Å². The summed E-state index contributed by atoms with van der Waals surface area (Å²) < 4.78 is 20.2. The van der Waals surface area contributed by atoms with E-state index in [0.29, 0.717) is 5.56 Å². The molecule has 2 aromatic carbocycles. The van der Waals surface area contributed by atoms with Crippen LogP contribution in [0.15, 0.2) is 60.8 Å². The van der Waals surface area contributed by atoms with Crippen LogP contribution in [0.3, 0.4) is 0 Å². The van der Waals surface area contributed by atoms with Gasteiger partial charge >= 0.3 is 0 Å². The number of carbonyl (C=O) groups is 1. The molecule has 1 aliphatic heterocycles. The third kappa shape index (κ3) is 4.43. The van der Waals surface area contributed by atoms with Crippen molar-refractivity contribution in [3.8, 4) is 5.69 Å². The second kappa shape index (κ2) is 8.41. The van der Waals surface area contributed by atoms with E-state index in [1.54, 1.807) is 29.0 Å². The number of ether oxygens (including phenoxy) is 1. The summed E-state index contributed by atoms with van der Waals surface area (Å²) in [6.45, 7) is 5.07. The first-order valence-corrected chi connectivity index (χ1v) is 9.57. The Morgan fingerprint density at radius 1 is 1.03 bits per heavy atom. The van der Waals surface area contributed by atoms with Gasteiger partial charge in [-0.3, -0.25) is 4.79 Å². The highest BCUT2D eigenvalue weighted by molar-refractivity contribution is 6.07. The summed E-state index contributed by atoms with van der Waals surface area (Å²) in [7, 11) is 0. The zero-order valence-electron chi connectivity index (χ0n) is 16.2. The molecular formula is C23H22FN3O2. The number of benzene rings is 2. The van der Waals surface area contributed by atoms with E-state index in [0.717, 1.165) is 48.9 Å². The quantitative estimate of drug-likeness (QED) is 0.486. The largest absolute Gasteiger partial charge is 0.378 e. The molecule has 1 aliphatic rings. The van der Waals surface area contributed by atoms with Crippen LogP contribution in [0.5, 0.6) is 0 Å². The minimum atomic E-state index is -0.289. The molecule has 0 N–H and O–H groups in total. The van der Waals surface area contributed by atoms with Crippen LogP contribution >= 0.6 is 0 Å². The maximum Gasteiger partial charge on any atom is 0.185 e. The summed E-state index contributed by atoms with van der Waals surface area (Å²) >= 11 is 0. The summed E-state index contributed by atoms with van der Waals surface area (Å²) in [6.07, 6.45) is 5.15. The molecule has 0 unspecified atom stereocenters. The number of nitrogens with zero attached hydrogens (tertiary/aromatic N) is 3. The molecule has 29 heavy (non-hydrogen) atoms. The number of aryl methyl sites for hydroxylation is 1. The molecule has 0 amide bonds. The highest BCUT2D eigenvalue weighted by atomic mass is 19.1. The van der Waals surface area contributed by atoms with E-state index in [4.69, 9.17) is 4.74 Å². The maximum atomic E-state index is 13.1. The van der Waals surface area contributed by atoms with Crippen LogP contribution in [-0.2, 0) is 4.74 Å². The molecule has 3 aromatic rings. The summed E-state index contributed by atoms with van der Waals surface area (Å²) in [6, 6.07) is 13.8. The second-order valence-electron chi connectivity index (χ2n) is 6.93. The fourth-order valence-corrected chi connectivity index (χ4v) is 3.28. The van der Waals surface area contributed by atoms with Crippen molar-refractivity contribution in [2.45, 2.75) is 6.92 Å². The van der Waals surface area contributed by atoms with E-state index in [2.05, 4.69) is 10.00 Å². The molecule has 0 aliphatic carbocycles. The number of carbonyl (C=O) groups excluding carboxylic acids is 1.